The Bertz CT molecular complexity index is 244. The highest BCUT2D eigenvalue weighted by Crippen LogP contribution is 2.23. The highest BCUT2D eigenvalue weighted by Gasteiger charge is 2.11. The van der Waals surface area contributed by atoms with Crippen LogP contribution in [0.1, 0.15) is 97.3 Å². The van der Waals surface area contributed by atoms with Crippen molar-refractivity contribution in [2.45, 2.75) is 103 Å². The minimum atomic E-state index is 0.736. The SMILES string of the molecule is CCCCCCCCCC(CC1=CCCCC1)NCC. The zero-order valence-corrected chi connectivity index (χ0v) is 14.1. The summed E-state index contributed by atoms with van der Waals surface area (Å²) in [6.45, 7) is 5.66. The van der Waals surface area contributed by atoms with Crippen LogP contribution < -0.4 is 5.32 Å². The van der Waals surface area contributed by atoms with Gasteiger partial charge in [0.05, 0.1) is 0 Å². The lowest BCUT2D eigenvalue weighted by molar-refractivity contribution is 0.450. The van der Waals surface area contributed by atoms with Crippen LogP contribution in [0.2, 0.25) is 0 Å². The minimum Gasteiger partial charge on any atom is -0.314 e. The molecule has 0 saturated heterocycles. The molecule has 0 amide bonds. The molecule has 1 atom stereocenters. The summed E-state index contributed by atoms with van der Waals surface area (Å²) >= 11 is 0. The van der Waals surface area contributed by atoms with Crippen LogP contribution in [0.4, 0.5) is 0 Å². The number of hydrogen-bond acceptors (Lipinski definition) is 1. The predicted molar refractivity (Wildman–Crippen MR) is 91.2 cm³/mol. The molecule has 20 heavy (non-hydrogen) atoms. The van der Waals surface area contributed by atoms with Gasteiger partial charge in [-0.05, 0) is 45.1 Å². The van der Waals surface area contributed by atoms with Gasteiger partial charge >= 0.3 is 0 Å². The van der Waals surface area contributed by atoms with Crippen molar-refractivity contribution >= 4 is 0 Å². The monoisotopic (exact) mass is 279 g/mol. The van der Waals surface area contributed by atoms with E-state index < -0.39 is 0 Å². The number of allylic oxidation sites excluding steroid dienone is 1. The van der Waals surface area contributed by atoms with E-state index in [2.05, 4.69) is 25.2 Å². The van der Waals surface area contributed by atoms with E-state index in [0.717, 1.165) is 12.6 Å². The number of unbranched alkanes of at least 4 members (excludes halogenated alkanes) is 6. The largest absolute Gasteiger partial charge is 0.314 e. The van der Waals surface area contributed by atoms with Crippen molar-refractivity contribution in [3.8, 4) is 0 Å². The average Bonchev–Trinajstić information content (AvgIpc) is 2.47. The lowest BCUT2D eigenvalue weighted by atomic mass is 9.92. The van der Waals surface area contributed by atoms with Gasteiger partial charge in [0.1, 0.15) is 0 Å². The van der Waals surface area contributed by atoms with Crippen LogP contribution in [0.25, 0.3) is 0 Å². The lowest BCUT2D eigenvalue weighted by Crippen LogP contribution is -2.29. The molecular formula is C19H37N. The van der Waals surface area contributed by atoms with Crippen LogP contribution >= 0.6 is 0 Å². The Morgan fingerprint density at radius 3 is 2.40 bits per heavy atom. The maximum atomic E-state index is 3.70. The smallest absolute Gasteiger partial charge is 0.0104 e. The maximum absolute atomic E-state index is 3.70. The first kappa shape index (κ1) is 17.8. The van der Waals surface area contributed by atoms with Gasteiger partial charge in [-0.1, -0.05) is 70.4 Å². The molecule has 1 aliphatic carbocycles. The third-order valence-corrected chi connectivity index (χ3v) is 4.54. The molecule has 1 rings (SSSR count). The second kappa shape index (κ2) is 12.4. The van der Waals surface area contributed by atoms with Gasteiger partial charge in [0.25, 0.3) is 0 Å². The predicted octanol–water partition coefficient (Wildman–Crippen LogP) is 6.00. The van der Waals surface area contributed by atoms with Crippen LogP contribution in [0.15, 0.2) is 11.6 Å². The molecule has 0 spiro atoms. The average molecular weight is 280 g/mol. The molecular weight excluding hydrogens is 242 g/mol. The second-order valence-corrected chi connectivity index (χ2v) is 6.48. The van der Waals surface area contributed by atoms with Crippen molar-refractivity contribution in [3.05, 3.63) is 11.6 Å². The molecule has 0 aromatic carbocycles. The van der Waals surface area contributed by atoms with E-state index in [9.17, 15) is 0 Å². The summed E-state index contributed by atoms with van der Waals surface area (Å²) in [5, 5.41) is 3.70. The van der Waals surface area contributed by atoms with E-state index in [1.165, 1.54) is 83.5 Å². The normalized spacial score (nSPS) is 17.0. The molecule has 1 N–H and O–H groups in total. The Labute approximate surface area is 127 Å². The van der Waals surface area contributed by atoms with Crippen LogP contribution in [0.5, 0.6) is 0 Å². The molecule has 0 fully saturated rings. The highest BCUT2D eigenvalue weighted by atomic mass is 14.9. The molecule has 1 heteroatoms. The highest BCUT2D eigenvalue weighted by molar-refractivity contribution is 5.07. The Kier molecular flexibility index (Phi) is 11.0. The van der Waals surface area contributed by atoms with Crippen molar-refractivity contribution in [1.29, 1.82) is 0 Å². The molecule has 0 bridgehead atoms. The first-order valence-electron chi connectivity index (χ1n) is 9.28. The molecule has 0 aliphatic heterocycles. The fraction of sp³-hybridized carbons (Fsp3) is 0.895. The van der Waals surface area contributed by atoms with Crippen molar-refractivity contribution < 1.29 is 0 Å². The number of rotatable bonds is 12. The van der Waals surface area contributed by atoms with Crippen molar-refractivity contribution in [2.75, 3.05) is 6.54 Å². The fourth-order valence-electron chi connectivity index (χ4n) is 3.32. The molecule has 0 heterocycles. The quantitative estimate of drug-likeness (QED) is 0.341. The maximum Gasteiger partial charge on any atom is 0.0104 e. The van der Waals surface area contributed by atoms with E-state index in [4.69, 9.17) is 0 Å². The Balaban J connectivity index is 2.10. The van der Waals surface area contributed by atoms with Gasteiger partial charge in [-0.15, -0.1) is 0 Å². The molecule has 118 valence electrons. The Morgan fingerprint density at radius 2 is 1.75 bits per heavy atom. The summed E-state index contributed by atoms with van der Waals surface area (Å²) in [6, 6.07) is 0.736. The van der Waals surface area contributed by atoms with Gasteiger partial charge in [-0.3, -0.25) is 0 Å². The first-order chi connectivity index (χ1) is 9.86. The fourth-order valence-corrected chi connectivity index (χ4v) is 3.32. The van der Waals surface area contributed by atoms with Gasteiger partial charge in [-0.25, -0.2) is 0 Å². The van der Waals surface area contributed by atoms with E-state index in [-0.39, 0.29) is 0 Å². The summed E-state index contributed by atoms with van der Waals surface area (Å²) < 4.78 is 0. The van der Waals surface area contributed by atoms with E-state index in [0.29, 0.717) is 0 Å². The minimum absolute atomic E-state index is 0.736. The van der Waals surface area contributed by atoms with Crippen LogP contribution in [0, 0.1) is 0 Å². The molecule has 1 unspecified atom stereocenters. The zero-order valence-electron chi connectivity index (χ0n) is 14.1. The van der Waals surface area contributed by atoms with Crippen LogP contribution in [0.3, 0.4) is 0 Å². The van der Waals surface area contributed by atoms with Crippen molar-refractivity contribution in [1.82, 2.24) is 5.32 Å². The molecule has 0 aromatic rings. The molecule has 0 radical (unpaired) electrons. The summed E-state index contributed by atoms with van der Waals surface area (Å²) in [5.41, 5.74) is 1.73. The third kappa shape index (κ3) is 8.79. The second-order valence-electron chi connectivity index (χ2n) is 6.48. The summed E-state index contributed by atoms with van der Waals surface area (Å²) in [5.74, 6) is 0. The summed E-state index contributed by atoms with van der Waals surface area (Å²) in [6.07, 6.45) is 20.7. The standard InChI is InChI=1S/C19H37N/c1-3-5-6-7-8-9-13-16-19(20-4-2)17-18-14-11-10-12-15-18/h14,19-20H,3-13,15-17H2,1-2H3. The number of nitrogens with one attached hydrogen (secondary N) is 1. The van der Waals surface area contributed by atoms with E-state index >= 15 is 0 Å². The Hall–Kier alpha value is -0.300. The Morgan fingerprint density at radius 1 is 1.00 bits per heavy atom. The zero-order chi connectivity index (χ0) is 14.5. The molecule has 1 aliphatic rings. The van der Waals surface area contributed by atoms with Crippen molar-refractivity contribution in [2.24, 2.45) is 0 Å². The third-order valence-electron chi connectivity index (χ3n) is 4.54. The topological polar surface area (TPSA) is 12.0 Å². The molecule has 1 nitrogen and oxygen atoms in total. The van der Waals surface area contributed by atoms with Gasteiger partial charge in [-0.2, -0.15) is 0 Å². The van der Waals surface area contributed by atoms with Gasteiger partial charge in [0.15, 0.2) is 0 Å². The lowest BCUT2D eigenvalue weighted by Gasteiger charge is -2.21. The van der Waals surface area contributed by atoms with Crippen LogP contribution in [-0.2, 0) is 0 Å². The van der Waals surface area contributed by atoms with E-state index in [1.54, 1.807) is 5.57 Å². The summed E-state index contributed by atoms with van der Waals surface area (Å²) in [7, 11) is 0. The first-order valence-corrected chi connectivity index (χ1v) is 9.28. The van der Waals surface area contributed by atoms with Gasteiger partial charge < -0.3 is 5.32 Å². The van der Waals surface area contributed by atoms with E-state index in [1.807, 2.05) is 0 Å². The summed E-state index contributed by atoms with van der Waals surface area (Å²) in [4.78, 5) is 0. The molecule has 0 aromatic heterocycles. The molecule has 0 saturated carbocycles. The number of hydrogen-bond donors (Lipinski definition) is 1. The van der Waals surface area contributed by atoms with Crippen LogP contribution in [-0.4, -0.2) is 12.6 Å². The van der Waals surface area contributed by atoms with Crippen molar-refractivity contribution in [3.63, 3.8) is 0 Å². The van der Waals surface area contributed by atoms with Gasteiger partial charge in [0.2, 0.25) is 0 Å². The van der Waals surface area contributed by atoms with Gasteiger partial charge in [0, 0.05) is 6.04 Å².